The molecule has 1 N–H and O–H groups in total. The van der Waals surface area contributed by atoms with Crippen LogP contribution in [0.2, 0.25) is 5.02 Å². The number of piperidine rings is 1. The molecule has 0 amide bonds. The molecule has 3 rings (SSSR count). The molecule has 112 valence electrons. The summed E-state index contributed by atoms with van der Waals surface area (Å²) in [6.45, 7) is 3.36. The van der Waals surface area contributed by atoms with Gasteiger partial charge in [-0.25, -0.2) is 4.68 Å². The minimum atomic E-state index is 0.442. The van der Waals surface area contributed by atoms with E-state index in [2.05, 4.69) is 39.7 Å². The van der Waals surface area contributed by atoms with Crippen molar-refractivity contribution >= 4 is 17.3 Å². The van der Waals surface area contributed by atoms with E-state index < -0.39 is 0 Å². The molecular weight excluding hydrogens is 288 g/mol. The van der Waals surface area contributed by atoms with Gasteiger partial charge in [0.15, 0.2) is 0 Å². The summed E-state index contributed by atoms with van der Waals surface area (Å²) in [7, 11) is 2.17. The molecule has 1 aliphatic heterocycles. The van der Waals surface area contributed by atoms with Crippen molar-refractivity contribution < 1.29 is 0 Å². The number of hydrogen-bond acceptors (Lipinski definition) is 5. The minimum Gasteiger partial charge on any atom is -0.381 e. The van der Waals surface area contributed by atoms with Crippen LogP contribution in [0, 0.1) is 0 Å². The largest absolute Gasteiger partial charge is 0.381 e. The van der Waals surface area contributed by atoms with Crippen LogP contribution in [0.25, 0.3) is 5.69 Å². The van der Waals surface area contributed by atoms with Crippen LogP contribution < -0.4 is 5.32 Å². The maximum Gasteiger partial charge on any atom is 0.143 e. The van der Waals surface area contributed by atoms with Gasteiger partial charge >= 0.3 is 0 Å². The molecule has 0 saturated carbocycles. The van der Waals surface area contributed by atoms with Gasteiger partial charge in [0.1, 0.15) is 6.33 Å². The van der Waals surface area contributed by atoms with Gasteiger partial charge < -0.3 is 10.2 Å². The fourth-order valence-corrected chi connectivity index (χ4v) is 2.86. The fourth-order valence-electron chi connectivity index (χ4n) is 2.69. The van der Waals surface area contributed by atoms with Gasteiger partial charge in [-0.05, 0) is 55.4 Å². The highest BCUT2D eigenvalue weighted by atomic mass is 35.5. The summed E-state index contributed by atoms with van der Waals surface area (Å²) in [6, 6.07) is 6.79. The lowest BCUT2D eigenvalue weighted by Gasteiger charge is -2.36. The van der Waals surface area contributed by atoms with Crippen LogP contribution in [0.1, 0.15) is 19.8 Å². The van der Waals surface area contributed by atoms with Crippen LogP contribution in [-0.2, 0) is 0 Å². The third-order valence-corrected chi connectivity index (χ3v) is 4.46. The number of rotatable bonds is 3. The SMILES string of the molecule is CC1CC(Nc2cc(-n3cnnn3)ccc2Cl)CCN1C. The number of likely N-dealkylation sites (tertiary alicyclic amines) is 1. The molecule has 0 bridgehead atoms. The highest BCUT2D eigenvalue weighted by Gasteiger charge is 2.23. The number of benzene rings is 1. The van der Waals surface area contributed by atoms with Crippen molar-refractivity contribution in [2.75, 3.05) is 18.9 Å². The van der Waals surface area contributed by atoms with Crippen LogP contribution in [0.3, 0.4) is 0 Å². The Balaban J connectivity index is 1.77. The average molecular weight is 307 g/mol. The Hall–Kier alpha value is -1.66. The molecule has 0 aliphatic carbocycles. The van der Waals surface area contributed by atoms with Crippen molar-refractivity contribution in [1.82, 2.24) is 25.1 Å². The maximum absolute atomic E-state index is 6.31. The standard InChI is InChI=1S/C14H19ClN6/c1-10-7-11(5-6-20(10)2)17-14-8-12(3-4-13(14)15)21-9-16-18-19-21/h3-4,8-11,17H,5-7H2,1-2H3. The van der Waals surface area contributed by atoms with Crippen molar-refractivity contribution in [3.8, 4) is 5.69 Å². The first kappa shape index (κ1) is 14.3. The van der Waals surface area contributed by atoms with Gasteiger partial charge in [0, 0.05) is 18.6 Å². The van der Waals surface area contributed by atoms with Crippen LogP contribution in [0.5, 0.6) is 0 Å². The normalized spacial score (nSPS) is 23.2. The Morgan fingerprint density at radius 3 is 2.95 bits per heavy atom. The van der Waals surface area contributed by atoms with Crippen molar-refractivity contribution in [2.45, 2.75) is 31.8 Å². The van der Waals surface area contributed by atoms with Crippen molar-refractivity contribution in [3.05, 3.63) is 29.5 Å². The summed E-state index contributed by atoms with van der Waals surface area (Å²) >= 11 is 6.31. The highest BCUT2D eigenvalue weighted by Crippen LogP contribution is 2.27. The smallest absolute Gasteiger partial charge is 0.143 e. The lowest BCUT2D eigenvalue weighted by Crippen LogP contribution is -2.42. The average Bonchev–Trinajstić information content (AvgIpc) is 2.99. The maximum atomic E-state index is 6.31. The summed E-state index contributed by atoms with van der Waals surface area (Å²) in [6.07, 6.45) is 3.80. The van der Waals surface area contributed by atoms with E-state index in [-0.39, 0.29) is 0 Å². The van der Waals surface area contributed by atoms with Gasteiger partial charge in [-0.1, -0.05) is 11.6 Å². The molecule has 6 nitrogen and oxygen atoms in total. The summed E-state index contributed by atoms with van der Waals surface area (Å²) in [5.41, 5.74) is 1.83. The summed E-state index contributed by atoms with van der Waals surface area (Å²) in [5, 5.41) is 15.5. The molecule has 1 saturated heterocycles. The Morgan fingerprint density at radius 1 is 1.38 bits per heavy atom. The van der Waals surface area contributed by atoms with Gasteiger partial charge in [-0.15, -0.1) is 5.10 Å². The predicted octanol–water partition coefficient (Wildman–Crippen LogP) is 2.21. The Kier molecular flexibility index (Phi) is 4.07. The molecule has 2 atom stereocenters. The summed E-state index contributed by atoms with van der Waals surface area (Å²) < 4.78 is 1.62. The Bertz CT molecular complexity index is 600. The highest BCUT2D eigenvalue weighted by molar-refractivity contribution is 6.33. The van der Waals surface area contributed by atoms with Crippen LogP contribution >= 0.6 is 11.6 Å². The number of halogens is 1. The zero-order chi connectivity index (χ0) is 14.8. The summed E-state index contributed by atoms with van der Waals surface area (Å²) in [4.78, 5) is 2.39. The molecule has 7 heteroatoms. The van der Waals surface area contributed by atoms with E-state index in [0.29, 0.717) is 12.1 Å². The molecule has 2 unspecified atom stereocenters. The first-order valence-electron chi connectivity index (χ1n) is 7.13. The first-order chi connectivity index (χ1) is 10.1. The van der Waals surface area contributed by atoms with Gasteiger partial charge in [-0.2, -0.15) is 0 Å². The lowest BCUT2D eigenvalue weighted by molar-refractivity contribution is 0.190. The van der Waals surface area contributed by atoms with Crippen LogP contribution in [-0.4, -0.2) is 50.8 Å². The number of tetrazole rings is 1. The second-order valence-corrected chi connectivity index (χ2v) is 6.02. The molecule has 1 fully saturated rings. The van der Waals surface area contributed by atoms with E-state index in [1.54, 1.807) is 11.0 Å². The predicted molar refractivity (Wildman–Crippen MR) is 82.9 cm³/mol. The monoisotopic (exact) mass is 306 g/mol. The van der Waals surface area contributed by atoms with E-state index in [1.165, 1.54) is 0 Å². The fraction of sp³-hybridized carbons (Fsp3) is 0.500. The Morgan fingerprint density at radius 2 is 2.24 bits per heavy atom. The molecule has 21 heavy (non-hydrogen) atoms. The summed E-state index contributed by atoms with van der Waals surface area (Å²) in [5.74, 6) is 0. The Labute approximate surface area is 129 Å². The number of nitrogens with zero attached hydrogens (tertiary/aromatic N) is 5. The molecular formula is C14H19ClN6. The van der Waals surface area contributed by atoms with Gasteiger partial charge in [0.25, 0.3) is 0 Å². The minimum absolute atomic E-state index is 0.442. The molecule has 0 radical (unpaired) electrons. The molecule has 1 aromatic carbocycles. The molecule has 1 aromatic heterocycles. The van der Waals surface area contributed by atoms with E-state index in [1.807, 2.05) is 18.2 Å². The van der Waals surface area contributed by atoms with Crippen LogP contribution in [0.15, 0.2) is 24.5 Å². The third-order valence-electron chi connectivity index (χ3n) is 4.13. The number of anilines is 1. The first-order valence-corrected chi connectivity index (χ1v) is 7.51. The second-order valence-electron chi connectivity index (χ2n) is 5.61. The van der Waals surface area contributed by atoms with Crippen molar-refractivity contribution in [1.29, 1.82) is 0 Å². The van der Waals surface area contributed by atoms with Gasteiger partial charge in [0.05, 0.1) is 16.4 Å². The molecule has 2 heterocycles. The second kappa shape index (κ2) is 5.99. The van der Waals surface area contributed by atoms with Crippen LogP contribution in [0.4, 0.5) is 5.69 Å². The molecule has 0 spiro atoms. The quantitative estimate of drug-likeness (QED) is 0.942. The number of nitrogens with one attached hydrogen (secondary N) is 1. The van der Waals surface area contributed by atoms with Gasteiger partial charge in [-0.3, -0.25) is 0 Å². The zero-order valence-corrected chi connectivity index (χ0v) is 13.0. The zero-order valence-electron chi connectivity index (χ0n) is 12.2. The third kappa shape index (κ3) is 3.16. The van der Waals surface area contributed by atoms with Gasteiger partial charge in [0.2, 0.25) is 0 Å². The van der Waals surface area contributed by atoms with E-state index >= 15 is 0 Å². The number of hydrogen-bond donors (Lipinski definition) is 1. The van der Waals surface area contributed by atoms with Crippen molar-refractivity contribution in [2.24, 2.45) is 0 Å². The molecule has 1 aliphatic rings. The lowest BCUT2D eigenvalue weighted by atomic mass is 9.98. The van der Waals surface area contributed by atoms with E-state index in [0.717, 1.165) is 35.8 Å². The van der Waals surface area contributed by atoms with E-state index in [9.17, 15) is 0 Å². The van der Waals surface area contributed by atoms with Crippen molar-refractivity contribution in [3.63, 3.8) is 0 Å². The molecule has 2 aromatic rings. The number of aromatic nitrogens is 4. The van der Waals surface area contributed by atoms with E-state index in [4.69, 9.17) is 11.6 Å². The topological polar surface area (TPSA) is 58.9 Å².